The third-order valence-corrected chi connectivity index (χ3v) is 2.78. The van der Waals surface area contributed by atoms with Crippen molar-refractivity contribution in [3.8, 4) is 0 Å². The van der Waals surface area contributed by atoms with Gasteiger partial charge in [0, 0.05) is 0 Å². The van der Waals surface area contributed by atoms with Crippen molar-refractivity contribution in [1.82, 2.24) is 25.3 Å². The number of aromatic amines is 1. The zero-order chi connectivity index (χ0) is 12.5. The third kappa shape index (κ3) is 3.04. The Labute approximate surface area is 103 Å². The van der Waals surface area contributed by atoms with Gasteiger partial charge < -0.3 is 10.3 Å². The zero-order valence-electron chi connectivity index (χ0n) is 9.89. The molecule has 0 amide bonds. The number of thioether (sulfide) groups is 1. The van der Waals surface area contributed by atoms with Crippen molar-refractivity contribution < 1.29 is 4.52 Å². The molecule has 0 spiro atoms. The molecular formula is C9H14N6OS. The molecular weight excluding hydrogens is 240 g/mol. The molecule has 0 fully saturated rings. The molecule has 2 aromatic rings. The highest BCUT2D eigenvalue weighted by atomic mass is 32.2. The van der Waals surface area contributed by atoms with Gasteiger partial charge in [-0.15, -0.1) is 5.10 Å². The van der Waals surface area contributed by atoms with Crippen molar-refractivity contribution >= 4 is 11.8 Å². The van der Waals surface area contributed by atoms with E-state index in [4.69, 9.17) is 10.3 Å². The Morgan fingerprint density at radius 3 is 2.71 bits per heavy atom. The predicted molar refractivity (Wildman–Crippen MR) is 62.2 cm³/mol. The van der Waals surface area contributed by atoms with Gasteiger partial charge in [-0.05, 0) is 20.8 Å². The Kier molecular flexibility index (Phi) is 3.16. The van der Waals surface area contributed by atoms with E-state index in [-0.39, 0.29) is 0 Å². The number of rotatable bonds is 4. The molecule has 0 aliphatic carbocycles. The van der Waals surface area contributed by atoms with Crippen molar-refractivity contribution in [2.24, 2.45) is 5.73 Å². The molecule has 17 heavy (non-hydrogen) atoms. The number of nitrogens with one attached hydrogen (secondary N) is 1. The number of aryl methyl sites for hydroxylation is 1. The van der Waals surface area contributed by atoms with Crippen molar-refractivity contribution in [1.29, 1.82) is 0 Å². The molecule has 0 unspecified atom stereocenters. The lowest BCUT2D eigenvalue weighted by atomic mass is 10.1. The zero-order valence-corrected chi connectivity index (χ0v) is 10.7. The van der Waals surface area contributed by atoms with Crippen LogP contribution in [-0.4, -0.2) is 25.3 Å². The summed E-state index contributed by atoms with van der Waals surface area (Å²) >= 11 is 1.43. The normalized spacial score (nSPS) is 12.0. The van der Waals surface area contributed by atoms with E-state index < -0.39 is 5.54 Å². The van der Waals surface area contributed by atoms with Gasteiger partial charge in [0.15, 0.2) is 5.82 Å². The smallest absolute Gasteiger partial charge is 0.237 e. The van der Waals surface area contributed by atoms with E-state index in [9.17, 15) is 0 Å². The van der Waals surface area contributed by atoms with Gasteiger partial charge in [-0.2, -0.15) is 4.98 Å². The summed E-state index contributed by atoms with van der Waals surface area (Å²) in [6.07, 6.45) is 0. The maximum Gasteiger partial charge on any atom is 0.237 e. The average molecular weight is 254 g/mol. The van der Waals surface area contributed by atoms with Gasteiger partial charge in [0.25, 0.3) is 0 Å². The number of hydrogen-bond donors (Lipinski definition) is 2. The minimum absolute atomic E-state index is 0.499. The maximum atomic E-state index is 5.86. The van der Waals surface area contributed by atoms with Crippen LogP contribution in [0.4, 0.5) is 0 Å². The van der Waals surface area contributed by atoms with Crippen LogP contribution in [-0.2, 0) is 11.3 Å². The van der Waals surface area contributed by atoms with E-state index in [1.807, 2.05) is 20.8 Å². The molecule has 0 aliphatic rings. The van der Waals surface area contributed by atoms with E-state index in [0.29, 0.717) is 22.6 Å². The summed E-state index contributed by atoms with van der Waals surface area (Å²) in [4.78, 5) is 8.38. The first-order chi connectivity index (χ1) is 7.95. The van der Waals surface area contributed by atoms with E-state index in [1.54, 1.807) is 0 Å². The molecule has 2 heterocycles. The number of hydrogen-bond acceptors (Lipinski definition) is 7. The highest BCUT2D eigenvalue weighted by Crippen LogP contribution is 2.19. The average Bonchev–Trinajstić information content (AvgIpc) is 2.82. The van der Waals surface area contributed by atoms with Crippen LogP contribution in [0.1, 0.15) is 31.4 Å². The number of nitrogens with two attached hydrogens (primary N) is 1. The van der Waals surface area contributed by atoms with Gasteiger partial charge >= 0.3 is 0 Å². The highest BCUT2D eigenvalue weighted by molar-refractivity contribution is 7.98. The fourth-order valence-electron chi connectivity index (χ4n) is 1.09. The van der Waals surface area contributed by atoms with Crippen LogP contribution in [0.15, 0.2) is 9.68 Å². The lowest BCUT2D eigenvalue weighted by molar-refractivity contribution is 0.369. The van der Waals surface area contributed by atoms with Crippen LogP contribution in [0.3, 0.4) is 0 Å². The van der Waals surface area contributed by atoms with Crippen LogP contribution in [0.2, 0.25) is 0 Å². The number of nitrogens with zero attached hydrogens (tertiary/aromatic N) is 4. The van der Waals surface area contributed by atoms with Crippen LogP contribution < -0.4 is 5.73 Å². The lowest BCUT2D eigenvalue weighted by Crippen LogP contribution is -2.30. The topological polar surface area (TPSA) is 107 Å². The Morgan fingerprint density at radius 2 is 2.18 bits per heavy atom. The molecule has 2 aromatic heterocycles. The minimum Gasteiger partial charge on any atom is -0.338 e. The van der Waals surface area contributed by atoms with E-state index in [0.717, 1.165) is 5.82 Å². The van der Waals surface area contributed by atoms with E-state index >= 15 is 0 Å². The Morgan fingerprint density at radius 1 is 1.41 bits per heavy atom. The molecule has 8 heteroatoms. The molecule has 92 valence electrons. The molecule has 0 aromatic carbocycles. The molecule has 0 radical (unpaired) electrons. The van der Waals surface area contributed by atoms with Crippen molar-refractivity contribution in [2.75, 3.05) is 0 Å². The molecule has 3 N–H and O–H groups in total. The summed E-state index contributed by atoms with van der Waals surface area (Å²) in [5.74, 6) is 2.33. The monoisotopic (exact) mass is 254 g/mol. The van der Waals surface area contributed by atoms with E-state index in [2.05, 4.69) is 25.3 Å². The van der Waals surface area contributed by atoms with Gasteiger partial charge in [0.2, 0.25) is 11.0 Å². The summed E-state index contributed by atoms with van der Waals surface area (Å²) < 4.78 is 5.09. The summed E-state index contributed by atoms with van der Waals surface area (Å²) in [5, 5.41) is 11.3. The second-order valence-corrected chi connectivity index (χ2v) is 5.17. The molecule has 0 saturated heterocycles. The second kappa shape index (κ2) is 4.46. The molecule has 7 nitrogen and oxygen atoms in total. The fourth-order valence-corrected chi connectivity index (χ4v) is 1.77. The summed E-state index contributed by atoms with van der Waals surface area (Å²) in [6.45, 7) is 5.50. The Bertz CT molecular complexity index is 500. The van der Waals surface area contributed by atoms with Gasteiger partial charge in [0.1, 0.15) is 5.82 Å². The lowest BCUT2D eigenvalue weighted by Gasteiger charge is -2.11. The van der Waals surface area contributed by atoms with Gasteiger partial charge in [-0.3, -0.25) is 5.10 Å². The molecule has 0 bridgehead atoms. The van der Waals surface area contributed by atoms with Crippen LogP contribution in [0, 0.1) is 6.92 Å². The van der Waals surface area contributed by atoms with Gasteiger partial charge in [-0.25, -0.2) is 4.98 Å². The number of aromatic nitrogens is 5. The molecule has 0 atom stereocenters. The fraction of sp³-hybridized carbons (Fsp3) is 0.556. The Balaban J connectivity index is 1.98. The van der Waals surface area contributed by atoms with Crippen molar-refractivity contribution in [3.63, 3.8) is 0 Å². The van der Waals surface area contributed by atoms with Crippen LogP contribution in [0.5, 0.6) is 0 Å². The Hall–Kier alpha value is -1.41. The third-order valence-electron chi connectivity index (χ3n) is 1.95. The highest BCUT2D eigenvalue weighted by Gasteiger charge is 2.21. The maximum absolute atomic E-state index is 5.86. The molecule has 2 rings (SSSR count). The summed E-state index contributed by atoms with van der Waals surface area (Å²) in [7, 11) is 0. The molecule has 0 aliphatic heterocycles. The van der Waals surface area contributed by atoms with Gasteiger partial charge in [0.05, 0.1) is 11.3 Å². The van der Waals surface area contributed by atoms with Gasteiger partial charge in [-0.1, -0.05) is 16.9 Å². The summed E-state index contributed by atoms with van der Waals surface area (Å²) in [6, 6.07) is 0. The summed E-state index contributed by atoms with van der Waals surface area (Å²) in [5.41, 5.74) is 5.27. The van der Waals surface area contributed by atoms with Crippen LogP contribution in [0.25, 0.3) is 0 Å². The number of H-pyrrole nitrogens is 1. The second-order valence-electron chi connectivity index (χ2n) is 4.23. The standard InChI is InChI=1S/C9H14N6OS/c1-5-11-8(14-13-5)17-4-6-12-7(15-16-6)9(2,3)10/h4,10H2,1-3H3,(H,11,13,14). The first-order valence-corrected chi connectivity index (χ1v) is 6.07. The largest absolute Gasteiger partial charge is 0.338 e. The van der Waals surface area contributed by atoms with Crippen molar-refractivity contribution in [3.05, 3.63) is 17.5 Å². The first-order valence-electron chi connectivity index (χ1n) is 5.09. The van der Waals surface area contributed by atoms with Crippen LogP contribution >= 0.6 is 11.8 Å². The first kappa shape index (κ1) is 12.1. The van der Waals surface area contributed by atoms with Crippen molar-refractivity contribution in [2.45, 2.75) is 37.2 Å². The SMILES string of the molecule is Cc1nc(SCc2nc(C(C)(C)N)no2)n[nH]1. The molecule has 0 saturated carbocycles. The van der Waals surface area contributed by atoms with E-state index in [1.165, 1.54) is 11.8 Å². The predicted octanol–water partition coefficient (Wildman–Crippen LogP) is 0.982. The minimum atomic E-state index is -0.590. The quantitative estimate of drug-likeness (QED) is 0.783.